The highest BCUT2D eigenvalue weighted by Gasteiger charge is 2.00. The fraction of sp³-hybridized carbons (Fsp3) is 0.200. The predicted octanol–water partition coefficient (Wildman–Crippen LogP) is 4.21. The van der Waals surface area contributed by atoms with Crippen molar-refractivity contribution in [1.29, 1.82) is 0 Å². The van der Waals surface area contributed by atoms with Crippen molar-refractivity contribution in [3.63, 3.8) is 0 Å². The van der Waals surface area contributed by atoms with Crippen LogP contribution < -0.4 is 0 Å². The maximum absolute atomic E-state index is 10.1. The van der Waals surface area contributed by atoms with Gasteiger partial charge in [-0.1, -0.05) is 53.1 Å². The zero-order chi connectivity index (χ0) is 13.5. The Balaban J connectivity index is 0.000000184. The summed E-state index contributed by atoms with van der Waals surface area (Å²) in [6.45, 7) is 6.09. The Bertz CT molecular complexity index is 480. The normalized spacial score (nSPS) is 9.28. The standard InChI is InChI=1S/C8H10.C7H7NO2/c1-7-3-5-8(2)6-4-7;1-6-2-4-7(5-3-6)8(9)10/h3-6H,1-2H3;2-5H,1H3. The molecule has 0 N–H and O–H groups in total. The van der Waals surface area contributed by atoms with Gasteiger partial charge in [0.05, 0.1) is 4.92 Å². The monoisotopic (exact) mass is 243 g/mol. The lowest BCUT2D eigenvalue weighted by molar-refractivity contribution is -0.384. The van der Waals surface area contributed by atoms with Crippen molar-refractivity contribution in [3.8, 4) is 0 Å². The molecule has 0 heterocycles. The molecule has 0 atom stereocenters. The van der Waals surface area contributed by atoms with E-state index in [1.54, 1.807) is 12.1 Å². The first-order valence-corrected chi connectivity index (χ1v) is 5.73. The van der Waals surface area contributed by atoms with Gasteiger partial charge in [-0.2, -0.15) is 0 Å². The van der Waals surface area contributed by atoms with Gasteiger partial charge in [-0.3, -0.25) is 10.1 Å². The molecule has 0 spiro atoms. The summed E-state index contributed by atoms with van der Waals surface area (Å²) < 4.78 is 0. The molecule has 0 saturated carbocycles. The van der Waals surface area contributed by atoms with E-state index in [2.05, 4.69) is 38.1 Å². The van der Waals surface area contributed by atoms with E-state index >= 15 is 0 Å². The van der Waals surface area contributed by atoms with Crippen LogP contribution in [-0.2, 0) is 0 Å². The second-order valence-electron chi connectivity index (χ2n) is 4.25. The number of nitro benzene ring substituents is 1. The first kappa shape index (κ1) is 13.9. The molecular weight excluding hydrogens is 226 g/mol. The Hall–Kier alpha value is -2.16. The van der Waals surface area contributed by atoms with Crippen LogP contribution in [0.1, 0.15) is 16.7 Å². The minimum Gasteiger partial charge on any atom is -0.258 e. The van der Waals surface area contributed by atoms with Crippen LogP contribution in [0.4, 0.5) is 5.69 Å². The number of aryl methyl sites for hydroxylation is 3. The molecule has 0 bridgehead atoms. The maximum Gasteiger partial charge on any atom is 0.269 e. The highest BCUT2D eigenvalue weighted by Crippen LogP contribution is 2.10. The Morgan fingerprint density at radius 3 is 1.28 bits per heavy atom. The van der Waals surface area contributed by atoms with Crippen molar-refractivity contribution < 1.29 is 4.92 Å². The van der Waals surface area contributed by atoms with E-state index in [0.717, 1.165) is 5.56 Å². The van der Waals surface area contributed by atoms with Gasteiger partial charge in [0.2, 0.25) is 0 Å². The van der Waals surface area contributed by atoms with E-state index in [9.17, 15) is 10.1 Å². The van der Waals surface area contributed by atoms with Gasteiger partial charge >= 0.3 is 0 Å². The zero-order valence-corrected chi connectivity index (χ0v) is 10.9. The average molecular weight is 243 g/mol. The molecule has 2 aromatic rings. The van der Waals surface area contributed by atoms with Gasteiger partial charge in [0.25, 0.3) is 5.69 Å². The average Bonchev–Trinajstić information content (AvgIpc) is 2.34. The predicted molar refractivity (Wildman–Crippen MR) is 73.7 cm³/mol. The van der Waals surface area contributed by atoms with Gasteiger partial charge in [0.1, 0.15) is 0 Å². The van der Waals surface area contributed by atoms with E-state index in [4.69, 9.17) is 0 Å². The number of hydrogen-bond acceptors (Lipinski definition) is 2. The van der Waals surface area contributed by atoms with Crippen molar-refractivity contribution in [2.75, 3.05) is 0 Å². The third-order valence-electron chi connectivity index (χ3n) is 2.46. The van der Waals surface area contributed by atoms with E-state index < -0.39 is 4.92 Å². The van der Waals surface area contributed by atoms with Crippen LogP contribution >= 0.6 is 0 Å². The first-order chi connectivity index (χ1) is 8.49. The minimum absolute atomic E-state index is 0.144. The van der Waals surface area contributed by atoms with Crippen LogP contribution in [0.15, 0.2) is 48.5 Å². The number of hydrogen-bond donors (Lipinski definition) is 0. The minimum atomic E-state index is -0.403. The lowest BCUT2D eigenvalue weighted by atomic mass is 10.2. The maximum atomic E-state index is 10.1. The summed E-state index contributed by atoms with van der Waals surface area (Å²) in [6, 6.07) is 14.9. The van der Waals surface area contributed by atoms with Crippen LogP contribution in [0.5, 0.6) is 0 Å². The van der Waals surface area contributed by atoms with Crippen molar-refractivity contribution in [3.05, 3.63) is 75.3 Å². The molecular formula is C15H17NO2. The number of nitro groups is 1. The van der Waals surface area contributed by atoms with Crippen LogP contribution in [-0.4, -0.2) is 4.92 Å². The first-order valence-electron chi connectivity index (χ1n) is 5.73. The van der Waals surface area contributed by atoms with Gasteiger partial charge in [0.15, 0.2) is 0 Å². The van der Waals surface area contributed by atoms with Gasteiger partial charge < -0.3 is 0 Å². The smallest absolute Gasteiger partial charge is 0.258 e. The molecule has 0 saturated heterocycles. The van der Waals surface area contributed by atoms with Gasteiger partial charge in [-0.25, -0.2) is 0 Å². The molecule has 0 fully saturated rings. The lowest BCUT2D eigenvalue weighted by Crippen LogP contribution is -1.86. The fourth-order valence-electron chi connectivity index (χ4n) is 1.30. The van der Waals surface area contributed by atoms with Crippen molar-refractivity contribution in [2.45, 2.75) is 20.8 Å². The number of rotatable bonds is 1. The number of non-ortho nitro benzene ring substituents is 1. The van der Waals surface area contributed by atoms with Crippen LogP contribution in [0.2, 0.25) is 0 Å². The topological polar surface area (TPSA) is 43.1 Å². The molecule has 3 heteroatoms. The van der Waals surface area contributed by atoms with Crippen LogP contribution in [0.25, 0.3) is 0 Å². The molecule has 18 heavy (non-hydrogen) atoms. The second kappa shape index (κ2) is 6.55. The van der Waals surface area contributed by atoms with Crippen molar-refractivity contribution in [1.82, 2.24) is 0 Å². The largest absolute Gasteiger partial charge is 0.269 e. The molecule has 0 amide bonds. The van der Waals surface area contributed by atoms with Gasteiger partial charge in [-0.15, -0.1) is 0 Å². The van der Waals surface area contributed by atoms with E-state index in [1.165, 1.54) is 23.3 Å². The Morgan fingerprint density at radius 2 is 1.00 bits per heavy atom. The summed E-state index contributed by atoms with van der Waals surface area (Å²) in [5.74, 6) is 0. The van der Waals surface area contributed by atoms with Crippen LogP contribution in [0.3, 0.4) is 0 Å². The van der Waals surface area contributed by atoms with Crippen molar-refractivity contribution >= 4 is 5.69 Å². The van der Waals surface area contributed by atoms with Gasteiger partial charge in [-0.05, 0) is 20.8 Å². The molecule has 0 radical (unpaired) electrons. The third kappa shape index (κ3) is 4.78. The molecule has 0 aliphatic carbocycles. The molecule has 3 nitrogen and oxygen atoms in total. The third-order valence-corrected chi connectivity index (χ3v) is 2.46. The number of benzene rings is 2. The quantitative estimate of drug-likeness (QED) is 0.556. The van der Waals surface area contributed by atoms with Gasteiger partial charge in [0, 0.05) is 12.1 Å². The molecule has 0 aromatic heterocycles. The summed E-state index contributed by atoms with van der Waals surface area (Å²) in [5, 5.41) is 10.1. The Kier molecular flexibility index (Phi) is 5.06. The molecule has 0 aliphatic rings. The summed E-state index contributed by atoms with van der Waals surface area (Å²) in [7, 11) is 0. The highest BCUT2D eigenvalue weighted by molar-refractivity contribution is 5.32. The summed E-state index contributed by atoms with van der Waals surface area (Å²) in [5.41, 5.74) is 3.84. The molecule has 0 unspecified atom stereocenters. The van der Waals surface area contributed by atoms with E-state index in [1.807, 2.05) is 6.92 Å². The zero-order valence-electron chi connectivity index (χ0n) is 10.9. The van der Waals surface area contributed by atoms with Crippen LogP contribution in [0, 0.1) is 30.9 Å². The molecule has 0 aliphatic heterocycles. The fourth-order valence-corrected chi connectivity index (χ4v) is 1.30. The lowest BCUT2D eigenvalue weighted by Gasteiger charge is -1.90. The van der Waals surface area contributed by atoms with Crippen molar-refractivity contribution in [2.24, 2.45) is 0 Å². The number of nitrogens with zero attached hydrogens (tertiary/aromatic N) is 1. The highest BCUT2D eigenvalue weighted by atomic mass is 16.6. The Labute approximate surface area is 107 Å². The summed E-state index contributed by atoms with van der Waals surface area (Å²) in [4.78, 5) is 9.71. The summed E-state index contributed by atoms with van der Waals surface area (Å²) >= 11 is 0. The SMILES string of the molecule is Cc1ccc(C)cc1.Cc1ccc([N+](=O)[O-])cc1. The molecule has 2 aromatic carbocycles. The van der Waals surface area contributed by atoms with E-state index in [-0.39, 0.29) is 5.69 Å². The Morgan fingerprint density at radius 1 is 0.722 bits per heavy atom. The molecule has 2 rings (SSSR count). The van der Waals surface area contributed by atoms with E-state index in [0.29, 0.717) is 0 Å². The second-order valence-corrected chi connectivity index (χ2v) is 4.25. The summed E-state index contributed by atoms with van der Waals surface area (Å²) in [6.07, 6.45) is 0. The molecule has 94 valence electrons.